The smallest absolute Gasteiger partial charge is 0.208 e. The molecule has 23 heavy (non-hydrogen) atoms. The van der Waals surface area contributed by atoms with Crippen LogP contribution in [-0.4, -0.2) is 73.0 Å². The Balaban J connectivity index is 2.08. The highest BCUT2D eigenvalue weighted by molar-refractivity contribution is 7.98. The Kier molecular flexibility index (Phi) is 6.87. The van der Waals surface area contributed by atoms with E-state index in [0.29, 0.717) is 19.0 Å². The number of aryl methyl sites for hydroxylation is 1. The van der Waals surface area contributed by atoms with Crippen LogP contribution in [0.3, 0.4) is 0 Å². The Morgan fingerprint density at radius 1 is 1.30 bits per heavy atom. The minimum absolute atomic E-state index is 0.367. The van der Waals surface area contributed by atoms with Crippen molar-refractivity contribution < 1.29 is 8.42 Å². The first-order valence-electron chi connectivity index (χ1n) is 7.95. The summed E-state index contributed by atoms with van der Waals surface area (Å²) in [6, 6.07) is 0.370. The van der Waals surface area contributed by atoms with Gasteiger partial charge < -0.3 is 4.90 Å². The molecule has 1 aromatic heterocycles. The fraction of sp³-hybridized carbons (Fsp3) is 0.857. The van der Waals surface area contributed by atoms with Crippen LogP contribution in [0.5, 0.6) is 0 Å². The molecule has 0 unspecified atom stereocenters. The SMILES string of the molecule is CSCCc1nc(CCNS(C)(=O)=O)n(C2CCN(C)CC2)n1. The summed E-state index contributed by atoms with van der Waals surface area (Å²) in [5.41, 5.74) is 0. The van der Waals surface area contributed by atoms with Crippen molar-refractivity contribution in [3.8, 4) is 0 Å². The summed E-state index contributed by atoms with van der Waals surface area (Å²) in [7, 11) is -1.03. The predicted molar refractivity (Wildman–Crippen MR) is 94.4 cm³/mol. The minimum atomic E-state index is -3.16. The van der Waals surface area contributed by atoms with E-state index >= 15 is 0 Å². The second-order valence-electron chi connectivity index (χ2n) is 6.08. The third-order valence-corrected chi connectivity index (χ3v) is 5.36. The maximum atomic E-state index is 11.2. The van der Waals surface area contributed by atoms with Gasteiger partial charge in [-0.1, -0.05) is 0 Å². The van der Waals surface area contributed by atoms with Gasteiger partial charge in [0.2, 0.25) is 10.0 Å². The lowest BCUT2D eigenvalue weighted by atomic mass is 10.1. The molecule has 0 radical (unpaired) electrons. The summed E-state index contributed by atoms with van der Waals surface area (Å²) >= 11 is 1.78. The summed E-state index contributed by atoms with van der Waals surface area (Å²) in [4.78, 5) is 6.98. The molecule has 0 amide bonds. The highest BCUT2D eigenvalue weighted by atomic mass is 32.2. The highest BCUT2D eigenvalue weighted by Crippen LogP contribution is 2.22. The van der Waals surface area contributed by atoms with Gasteiger partial charge >= 0.3 is 0 Å². The molecular formula is C14H27N5O2S2. The molecule has 1 saturated heterocycles. The number of aromatic nitrogens is 3. The lowest BCUT2D eigenvalue weighted by molar-refractivity contribution is 0.209. The molecular weight excluding hydrogens is 334 g/mol. The van der Waals surface area contributed by atoms with Gasteiger partial charge in [0.1, 0.15) is 5.82 Å². The van der Waals surface area contributed by atoms with E-state index in [9.17, 15) is 8.42 Å². The maximum absolute atomic E-state index is 11.2. The first-order valence-corrected chi connectivity index (χ1v) is 11.2. The van der Waals surface area contributed by atoms with Gasteiger partial charge in [0, 0.05) is 25.1 Å². The number of thioether (sulfide) groups is 1. The standard InChI is InChI=1S/C14H27N5O2S2/c1-18-9-5-12(6-10-18)19-14(4-8-15-23(3,20)21)16-13(17-19)7-11-22-2/h12,15H,4-11H2,1-3H3. The van der Waals surface area contributed by atoms with Gasteiger partial charge in [0.15, 0.2) is 5.82 Å². The number of nitrogens with one attached hydrogen (secondary N) is 1. The molecule has 1 fully saturated rings. The first-order chi connectivity index (χ1) is 10.9. The van der Waals surface area contributed by atoms with E-state index in [1.807, 2.05) is 4.68 Å². The van der Waals surface area contributed by atoms with Crippen molar-refractivity contribution in [3.63, 3.8) is 0 Å². The lowest BCUT2D eigenvalue weighted by Gasteiger charge is -2.29. The van der Waals surface area contributed by atoms with Crippen LogP contribution in [0.15, 0.2) is 0 Å². The van der Waals surface area contributed by atoms with Crippen LogP contribution in [0, 0.1) is 0 Å². The van der Waals surface area contributed by atoms with Crippen LogP contribution < -0.4 is 4.72 Å². The molecule has 0 bridgehead atoms. The van der Waals surface area contributed by atoms with Gasteiger partial charge in [-0.15, -0.1) is 0 Å². The van der Waals surface area contributed by atoms with E-state index in [1.54, 1.807) is 11.8 Å². The first kappa shape index (κ1) is 18.7. The molecule has 0 aromatic carbocycles. The third kappa shape index (κ3) is 6.06. The molecule has 1 aliphatic heterocycles. The molecule has 1 aliphatic rings. The van der Waals surface area contributed by atoms with Gasteiger partial charge in [0.25, 0.3) is 0 Å². The summed E-state index contributed by atoms with van der Waals surface area (Å²) in [6.45, 7) is 2.49. The average molecular weight is 362 g/mol. The molecule has 0 aliphatic carbocycles. The van der Waals surface area contributed by atoms with Crippen molar-refractivity contribution >= 4 is 21.8 Å². The van der Waals surface area contributed by atoms with E-state index < -0.39 is 10.0 Å². The molecule has 7 nitrogen and oxygen atoms in total. The van der Waals surface area contributed by atoms with E-state index in [2.05, 4.69) is 27.9 Å². The number of hydrogen-bond donors (Lipinski definition) is 1. The fourth-order valence-corrected chi connectivity index (χ4v) is 3.61. The van der Waals surface area contributed by atoms with Gasteiger partial charge in [0.05, 0.1) is 12.3 Å². The van der Waals surface area contributed by atoms with Crippen molar-refractivity contribution in [2.24, 2.45) is 0 Å². The van der Waals surface area contributed by atoms with Crippen LogP contribution in [0.25, 0.3) is 0 Å². The van der Waals surface area contributed by atoms with E-state index in [4.69, 9.17) is 5.10 Å². The van der Waals surface area contributed by atoms with E-state index in [1.165, 1.54) is 6.26 Å². The monoisotopic (exact) mass is 361 g/mol. The van der Waals surface area contributed by atoms with Gasteiger partial charge in [-0.2, -0.15) is 16.9 Å². The highest BCUT2D eigenvalue weighted by Gasteiger charge is 2.22. The molecule has 0 atom stereocenters. The molecule has 2 heterocycles. The van der Waals surface area contributed by atoms with Crippen LogP contribution in [0.2, 0.25) is 0 Å². The second-order valence-corrected chi connectivity index (χ2v) is 8.90. The van der Waals surface area contributed by atoms with E-state index in [0.717, 1.165) is 49.8 Å². The third-order valence-electron chi connectivity index (χ3n) is 4.02. The Morgan fingerprint density at radius 2 is 2.00 bits per heavy atom. The molecule has 9 heteroatoms. The van der Waals surface area contributed by atoms with Crippen LogP contribution in [0.1, 0.15) is 30.5 Å². The van der Waals surface area contributed by atoms with Crippen molar-refractivity contribution in [2.45, 2.75) is 31.7 Å². The number of likely N-dealkylation sites (tertiary alicyclic amines) is 1. The zero-order valence-corrected chi connectivity index (χ0v) is 15.8. The largest absolute Gasteiger partial charge is 0.306 e. The van der Waals surface area contributed by atoms with Crippen LogP contribution in [0.4, 0.5) is 0 Å². The normalized spacial score (nSPS) is 17.7. The number of piperidine rings is 1. The summed E-state index contributed by atoms with van der Waals surface area (Å²) < 4.78 is 27.0. The minimum Gasteiger partial charge on any atom is -0.306 e. The maximum Gasteiger partial charge on any atom is 0.208 e. The zero-order chi connectivity index (χ0) is 16.9. The molecule has 1 N–H and O–H groups in total. The quantitative estimate of drug-likeness (QED) is 0.728. The van der Waals surface area contributed by atoms with Gasteiger partial charge in [-0.05, 0) is 39.2 Å². The van der Waals surface area contributed by atoms with Crippen molar-refractivity contribution in [1.29, 1.82) is 0 Å². The Bertz CT molecular complexity index is 594. The van der Waals surface area contributed by atoms with Crippen molar-refractivity contribution in [1.82, 2.24) is 24.4 Å². The molecule has 2 rings (SSSR count). The van der Waals surface area contributed by atoms with Gasteiger partial charge in [-0.3, -0.25) is 0 Å². The van der Waals surface area contributed by atoms with Crippen LogP contribution >= 0.6 is 11.8 Å². The fourth-order valence-electron chi connectivity index (χ4n) is 2.75. The Labute approximate surface area is 143 Å². The summed E-state index contributed by atoms with van der Waals surface area (Å²) in [6.07, 6.45) is 6.81. The lowest BCUT2D eigenvalue weighted by Crippen LogP contribution is -2.33. The number of hydrogen-bond acceptors (Lipinski definition) is 6. The number of nitrogens with zero attached hydrogens (tertiary/aromatic N) is 4. The Hall–Kier alpha value is -0.640. The second kappa shape index (κ2) is 8.46. The zero-order valence-electron chi connectivity index (χ0n) is 14.2. The summed E-state index contributed by atoms with van der Waals surface area (Å²) in [5, 5.41) is 4.71. The van der Waals surface area contributed by atoms with Crippen molar-refractivity contribution in [2.75, 3.05) is 44.9 Å². The molecule has 0 spiro atoms. The summed E-state index contributed by atoms with van der Waals surface area (Å²) in [5.74, 6) is 2.76. The topological polar surface area (TPSA) is 80.1 Å². The van der Waals surface area contributed by atoms with Crippen LogP contribution in [-0.2, 0) is 22.9 Å². The average Bonchev–Trinajstić information content (AvgIpc) is 2.88. The molecule has 1 aromatic rings. The number of sulfonamides is 1. The molecule has 132 valence electrons. The number of rotatable bonds is 8. The van der Waals surface area contributed by atoms with Crippen molar-refractivity contribution in [3.05, 3.63) is 11.6 Å². The van der Waals surface area contributed by atoms with Gasteiger partial charge in [-0.25, -0.2) is 22.8 Å². The Morgan fingerprint density at radius 3 is 2.61 bits per heavy atom. The molecule has 0 saturated carbocycles. The predicted octanol–water partition coefficient (Wildman–Crippen LogP) is 0.542. The van der Waals surface area contributed by atoms with E-state index in [-0.39, 0.29) is 0 Å².